The molecule has 2 aromatic carbocycles. The lowest BCUT2D eigenvalue weighted by atomic mass is 10.1. The van der Waals surface area contributed by atoms with Gasteiger partial charge >= 0.3 is 0 Å². The highest BCUT2D eigenvalue weighted by atomic mass is 35.5. The predicted octanol–water partition coefficient (Wildman–Crippen LogP) is 4.53. The van der Waals surface area contributed by atoms with Gasteiger partial charge in [-0.1, -0.05) is 47.5 Å². The molecule has 0 heterocycles. The third-order valence-electron chi connectivity index (χ3n) is 5.39. The first kappa shape index (κ1) is 28.7. The highest BCUT2D eigenvalue weighted by molar-refractivity contribution is 7.92. The minimum absolute atomic E-state index is 0.0889. The minimum Gasteiger partial charge on any atom is -0.350 e. The molecule has 0 aliphatic heterocycles. The van der Waals surface area contributed by atoms with Gasteiger partial charge in [-0.25, -0.2) is 8.42 Å². The molecule has 2 rings (SSSR count). The second kappa shape index (κ2) is 11.9. The number of hydrogen-bond donors (Lipinski definition) is 1. The van der Waals surface area contributed by atoms with E-state index in [0.717, 1.165) is 17.4 Å². The second-order valence-electron chi connectivity index (χ2n) is 9.84. The van der Waals surface area contributed by atoms with Crippen molar-refractivity contribution in [3.8, 4) is 0 Å². The van der Waals surface area contributed by atoms with Gasteiger partial charge in [0, 0.05) is 30.1 Å². The largest absolute Gasteiger partial charge is 0.350 e. The van der Waals surface area contributed by atoms with Gasteiger partial charge in [0.15, 0.2) is 0 Å². The number of sulfonamides is 1. The molecular weight excluding hydrogens is 486 g/mol. The monoisotopic (exact) mass is 521 g/mol. The van der Waals surface area contributed by atoms with E-state index in [1.807, 2.05) is 52.0 Å². The summed E-state index contributed by atoms with van der Waals surface area (Å²) in [4.78, 5) is 27.7. The molecule has 0 radical (unpaired) electrons. The van der Waals surface area contributed by atoms with Crippen molar-refractivity contribution >= 4 is 39.1 Å². The van der Waals surface area contributed by atoms with Crippen molar-refractivity contribution in [2.24, 2.45) is 0 Å². The van der Waals surface area contributed by atoms with E-state index >= 15 is 0 Å². The normalized spacial score (nSPS) is 12.7. The fourth-order valence-electron chi connectivity index (χ4n) is 3.58. The van der Waals surface area contributed by atoms with Crippen molar-refractivity contribution in [2.45, 2.75) is 65.6 Å². The number of carbonyl (C=O) groups excluding carboxylic acids is 2. The number of hydrogen-bond acceptors (Lipinski definition) is 4. The zero-order chi connectivity index (χ0) is 26.4. The zero-order valence-electron chi connectivity index (χ0n) is 21.3. The predicted molar refractivity (Wildman–Crippen MR) is 142 cm³/mol. The number of benzene rings is 2. The van der Waals surface area contributed by atoms with Crippen molar-refractivity contribution in [3.05, 3.63) is 64.7 Å². The summed E-state index contributed by atoms with van der Waals surface area (Å²) in [5.41, 5.74) is 2.03. The molecule has 0 aliphatic carbocycles. The van der Waals surface area contributed by atoms with E-state index in [1.165, 1.54) is 4.31 Å². The Balaban J connectivity index is 2.18. The van der Waals surface area contributed by atoms with Crippen molar-refractivity contribution in [2.75, 3.05) is 17.1 Å². The van der Waals surface area contributed by atoms with Crippen LogP contribution in [0.2, 0.25) is 5.02 Å². The van der Waals surface area contributed by atoms with Crippen LogP contribution in [-0.2, 0) is 26.2 Å². The Labute approximate surface area is 214 Å². The topological polar surface area (TPSA) is 86.8 Å². The minimum atomic E-state index is -3.57. The first-order valence-corrected chi connectivity index (χ1v) is 13.8. The third-order valence-corrected chi connectivity index (χ3v) is 6.82. The van der Waals surface area contributed by atoms with Crippen LogP contribution in [0.15, 0.2) is 48.5 Å². The van der Waals surface area contributed by atoms with E-state index in [1.54, 1.807) is 36.1 Å². The highest BCUT2D eigenvalue weighted by Gasteiger charge is 2.28. The third kappa shape index (κ3) is 9.18. The molecule has 0 fully saturated rings. The van der Waals surface area contributed by atoms with Gasteiger partial charge in [-0.15, -0.1) is 0 Å². The van der Waals surface area contributed by atoms with E-state index in [9.17, 15) is 18.0 Å². The SMILES string of the molecule is Cc1ccc(CN(C(=O)CCCN(c2cccc(Cl)c2)S(C)(=O)=O)[C@@H](C)C(=O)NC(C)(C)C)cc1. The summed E-state index contributed by atoms with van der Waals surface area (Å²) in [6.45, 7) is 9.76. The van der Waals surface area contributed by atoms with Crippen LogP contribution in [0.25, 0.3) is 0 Å². The molecule has 35 heavy (non-hydrogen) atoms. The maximum absolute atomic E-state index is 13.3. The molecular formula is C26H36ClN3O4S. The maximum atomic E-state index is 13.3. The van der Waals surface area contributed by atoms with E-state index in [4.69, 9.17) is 11.6 Å². The van der Waals surface area contributed by atoms with Crippen LogP contribution in [0.1, 0.15) is 51.7 Å². The van der Waals surface area contributed by atoms with Gasteiger partial charge in [-0.05, 0) is 64.8 Å². The fraction of sp³-hybridized carbons (Fsp3) is 0.462. The van der Waals surface area contributed by atoms with Crippen molar-refractivity contribution in [1.82, 2.24) is 10.2 Å². The van der Waals surface area contributed by atoms with E-state index in [2.05, 4.69) is 5.32 Å². The number of anilines is 1. The lowest BCUT2D eigenvalue weighted by Gasteiger charge is -2.32. The first-order chi connectivity index (χ1) is 16.2. The van der Waals surface area contributed by atoms with Gasteiger partial charge in [0.25, 0.3) is 0 Å². The number of amides is 2. The molecule has 2 aromatic rings. The molecule has 0 spiro atoms. The van der Waals surface area contributed by atoms with Crippen LogP contribution < -0.4 is 9.62 Å². The van der Waals surface area contributed by atoms with Gasteiger partial charge in [0.1, 0.15) is 6.04 Å². The maximum Gasteiger partial charge on any atom is 0.242 e. The number of nitrogens with one attached hydrogen (secondary N) is 1. The van der Waals surface area contributed by atoms with Gasteiger partial charge in [-0.3, -0.25) is 13.9 Å². The van der Waals surface area contributed by atoms with Crippen LogP contribution >= 0.6 is 11.6 Å². The Morgan fingerprint density at radius 3 is 2.26 bits per heavy atom. The Morgan fingerprint density at radius 2 is 1.71 bits per heavy atom. The Hall–Kier alpha value is -2.58. The van der Waals surface area contributed by atoms with Crippen LogP contribution in [0, 0.1) is 6.92 Å². The van der Waals surface area contributed by atoms with Gasteiger partial charge in [0.2, 0.25) is 21.8 Å². The molecule has 0 aliphatic rings. The fourth-order valence-corrected chi connectivity index (χ4v) is 4.72. The number of aryl methyl sites for hydroxylation is 1. The summed E-state index contributed by atoms with van der Waals surface area (Å²) in [5.74, 6) is -0.462. The van der Waals surface area contributed by atoms with E-state index in [-0.39, 0.29) is 37.7 Å². The van der Waals surface area contributed by atoms with E-state index < -0.39 is 21.6 Å². The first-order valence-electron chi connectivity index (χ1n) is 11.6. The molecule has 9 heteroatoms. The van der Waals surface area contributed by atoms with Gasteiger partial charge in [0.05, 0.1) is 11.9 Å². The highest BCUT2D eigenvalue weighted by Crippen LogP contribution is 2.23. The van der Waals surface area contributed by atoms with Crippen LogP contribution in [0.4, 0.5) is 5.69 Å². The van der Waals surface area contributed by atoms with Crippen LogP contribution in [0.5, 0.6) is 0 Å². The number of nitrogens with zero attached hydrogens (tertiary/aromatic N) is 2. The van der Waals surface area contributed by atoms with Crippen LogP contribution in [0.3, 0.4) is 0 Å². The second-order valence-corrected chi connectivity index (χ2v) is 12.2. The summed E-state index contributed by atoms with van der Waals surface area (Å²) in [6, 6.07) is 13.7. The molecule has 2 amide bonds. The lowest BCUT2D eigenvalue weighted by molar-refractivity contribution is -0.141. The van der Waals surface area contributed by atoms with Crippen molar-refractivity contribution in [3.63, 3.8) is 0 Å². The average molecular weight is 522 g/mol. The molecule has 7 nitrogen and oxygen atoms in total. The summed E-state index contributed by atoms with van der Waals surface area (Å²) >= 11 is 6.04. The molecule has 0 aromatic heterocycles. The molecule has 0 bridgehead atoms. The number of halogens is 1. The van der Waals surface area contributed by atoms with Crippen LogP contribution in [-0.4, -0.2) is 49.5 Å². The number of carbonyl (C=O) groups is 2. The van der Waals surface area contributed by atoms with Crippen molar-refractivity contribution < 1.29 is 18.0 Å². The number of rotatable bonds is 10. The smallest absolute Gasteiger partial charge is 0.242 e. The molecule has 0 saturated heterocycles. The lowest BCUT2D eigenvalue weighted by Crippen LogP contribution is -2.52. The Bertz CT molecular complexity index is 1130. The Kier molecular flexibility index (Phi) is 9.75. The molecule has 192 valence electrons. The quantitative estimate of drug-likeness (QED) is 0.497. The summed E-state index contributed by atoms with van der Waals surface area (Å²) in [5, 5.41) is 3.36. The average Bonchev–Trinajstić information content (AvgIpc) is 2.73. The zero-order valence-corrected chi connectivity index (χ0v) is 22.9. The summed E-state index contributed by atoms with van der Waals surface area (Å²) in [7, 11) is -3.57. The Morgan fingerprint density at radius 1 is 1.09 bits per heavy atom. The van der Waals surface area contributed by atoms with Gasteiger partial charge in [-0.2, -0.15) is 0 Å². The molecule has 1 atom stereocenters. The summed E-state index contributed by atoms with van der Waals surface area (Å²) in [6.07, 6.45) is 1.50. The van der Waals surface area contributed by atoms with Gasteiger partial charge < -0.3 is 10.2 Å². The summed E-state index contributed by atoms with van der Waals surface area (Å²) < 4.78 is 26.0. The molecule has 0 saturated carbocycles. The van der Waals surface area contributed by atoms with Crippen molar-refractivity contribution in [1.29, 1.82) is 0 Å². The molecule has 1 N–H and O–H groups in total. The molecule has 0 unspecified atom stereocenters. The standard InChI is InChI=1S/C26H36ClN3O4S/c1-19-12-14-21(15-13-19)18-29(20(2)25(32)28-26(3,4)5)24(31)11-8-16-30(35(6,33)34)23-10-7-9-22(27)17-23/h7,9-10,12-15,17,20H,8,11,16,18H2,1-6H3,(H,28,32)/t20-/m0/s1. The van der Waals surface area contributed by atoms with E-state index in [0.29, 0.717) is 10.7 Å².